The number of carbonyl (C=O) groups is 1. The van der Waals surface area contributed by atoms with Crippen molar-refractivity contribution in [2.75, 3.05) is 25.1 Å². The topological polar surface area (TPSA) is 29.5 Å². The van der Waals surface area contributed by atoms with Crippen LogP contribution in [-0.4, -0.2) is 26.0 Å². The Balaban J connectivity index is 3.16. The number of hydrogen-bond donors (Lipinski definition) is 0. The lowest BCUT2D eigenvalue weighted by Gasteiger charge is -2.25. The summed E-state index contributed by atoms with van der Waals surface area (Å²) in [5.74, 6) is 0.715. The normalized spacial score (nSPS) is 10.2. The number of ketones is 1. The minimum absolute atomic E-state index is 0.0531. The summed E-state index contributed by atoms with van der Waals surface area (Å²) in [4.78, 5) is 14.1. The van der Waals surface area contributed by atoms with Gasteiger partial charge in [0, 0.05) is 13.1 Å². The average molecular weight is 249 g/mol. The molecule has 0 radical (unpaired) electrons. The Morgan fingerprint density at radius 3 is 2.56 bits per heavy atom. The molecule has 0 amide bonds. The number of carbonyl (C=O) groups excluding carboxylic acids is 1. The molecule has 0 unspecified atom stereocenters. The minimum atomic E-state index is 0.0531. The number of anilines is 1. The summed E-state index contributed by atoms with van der Waals surface area (Å²) in [6.45, 7) is 7.74. The third kappa shape index (κ3) is 3.25. The summed E-state index contributed by atoms with van der Waals surface area (Å²) < 4.78 is 5.30. The van der Waals surface area contributed by atoms with Gasteiger partial charge in [0.1, 0.15) is 5.75 Å². The highest BCUT2D eigenvalue weighted by Crippen LogP contribution is 2.30. The Morgan fingerprint density at radius 1 is 1.33 bits per heavy atom. The minimum Gasteiger partial charge on any atom is -0.496 e. The third-order valence-corrected chi connectivity index (χ3v) is 3.08. The molecule has 0 N–H and O–H groups in total. The van der Waals surface area contributed by atoms with Crippen molar-refractivity contribution >= 4 is 11.5 Å². The SMILES string of the molecule is CCCCN(CC)c1cccc(OC)c1C(C)=O. The Hall–Kier alpha value is -1.51. The van der Waals surface area contributed by atoms with E-state index in [1.54, 1.807) is 14.0 Å². The molecule has 1 aromatic carbocycles. The first-order valence-electron chi connectivity index (χ1n) is 6.58. The van der Waals surface area contributed by atoms with Gasteiger partial charge in [-0.25, -0.2) is 0 Å². The molecule has 0 saturated carbocycles. The lowest BCUT2D eigenvalue weighted by molar-refractivity contribution is 0.101. The molecule has 0 aliphatic heterocycles. The van der Waals surface area contributed by atoms with Crippen molar-refractivity contribution in [3.63, 3.8) is 0 Å². The monoisotopic (exact) mass is 249 g/mol. The van der Waals surface area contributed by atoms with E-state index in [2.05, 4.69) is 18.7 Å². The zero-order valence-electron chi connectivity index (χ0n) is 11.8. The van der Waals surface area contributed by atoms with Gasteiger partial charge in [0.15, 0.2) is 5.78 Å². The Bertz CT molecular complexity index is 401. The van der Waals surface area contributed by atoms with Crippen LogP contribution in [0, 0.1) is 0 Å². The van der Waals surface area contributed by atoms with Crippen molar-refractivity contribution in [1.82, 2.24) is 0 Å². The molecule has 18 heavy (non-hydrogen) atoms. The van der Waals surface area contributed by atoms with Gasteiger partial charge in [0.05, 0.1) is 18.4 Å². The summed E-state index contributed by atoms with van der Waals surface area (Å²) in [5, 5.41) is 0. The molecule has 0 fully saturated rings. The predicted molar refractivity (Wildman–Crippen MR) is 75.8 cm³/mol. The molecular weight excluding hydrogens is 226 g/mol. The highest BCUT2D eigenvalue weighted by atomic mass is 16.5. The van der Waals surface area contributed by atoms with Crippen molar-refractivity contribution in [2.45, 2.75) is 33.6 Å². The molecule has 1 rings (SSSR count). The molecule has 0 saturated heterocycles. The number of rotatable bonds is 7. The van der Waals surface area contributed by atoms with E-state index >= 15 is 0 Å². The Morgan fingerprint density at radius 2 is 2.06 bits per heavy atom. The van der Waals surface area contributed by atoms with Crippen molar-refractivity contribution in [1.29, 1.82) is 0 Å². The molecule has 0 bridgehead atoms. The Labute approximate surface area is 110 Å². The summed E-state index contributed by atoms with van der Waals surface area (Å²) >= 11 is 0. The number of hydrogen-bond acceptors (Lipinski definition) is 3. The molecule has 3 heteroatoms. The van der Waals surface area contributed by atoms with Gasteiger partial charge in [-0.05, 0) is 32.4 Å². The fourth-order valence-corrected chi connectivity index (χ4v) is 2.10. The summed E-state index contributed by atoms with van der Waals surface area (Å²) in [5.41, 5.74) is 1.68. The first kappa shape index (κ1) is 14.6. The molecule has 0 aliphatic rings. The van der Waals surface area contributed by atoms with Crippen LogP contribution in [0.3, 0.4) is 0 Å². The van der Waals surface area contributed by atoms with Crippen molar-refractivity contribution in [3.05, 3.63) is 23.8 Å². The highest BCUT2D eigenvalue weighted by Gasteiger charge is 2.17. The molecule has 0 spiro atoms. The van der Waals surface area contributed by atoms with Crippen LogP contribution in [0.25, 0.3) is 0 Å². The van der Waals surface area contributed by atoms with Crippen LogP contribution in [0.5, 0.6) is 5.75 Å². The van der Waals surface area contributed by atoms with Crippen LogP contribution < -0.4 is 9.64 Å². The van der Waals surface area contributed by atoms with Crippen molar-refractivity contribution < 1.29 is 9.53 Å². The van der Waals surface area contributed by atoms with Crippen LogP contribution in [0.15, 0.2) is 18.2 Å². The maximum absolute atomic E-state index is 11.8. The number of methoxy groups -OCH3 is 1. The second-order valence-corrected chi connectivity index (χ2v) is 4.34. The smallest absolute Gasteiger partial charge is 0.165 e. The third-order valence-electron chi connectivity index (χ3n) is 3.08. The predicted octanol–water partition coefficient (Wildman–Crippen LogP) is 3.52. The molecule has 3 nitrogen and oxygen atoms in total. The molecule has 100 valence electrons. The van der Waals surface area contributed by atoms with Gasteiger partial charge in [0.2, 0.25) is 0 Å². The van der Waals surface area contributed by atoms with Gasteiger partial charge in [-0.15, -0.1) is 0 Å². The first-order chi connectivity index (χ1) is 8.65. The van der Waals surface area contributed by atoms with E-state index in [4.69, 9.17) is 4.74 Å². The van der Waals surface area contributed by atoms with Crippen molar-refractivity contribution in [2.24, 2.45) is 0 Å². The lowest BCUT2D eigenvalue weighted by atomic mass is 10.1. The molecule has 0 atom stereocenters. The molecule has 0 aromatic heterocycles. The zero-order chi connectivity index (χ0) is 13.5. The van der Waals surface area contributed by atoms with Gasteiger partial charge < -0.3 is 9.64 Å². The van der Waals surface area contributed by atoms with E-state index in [0.717, 1.165) is 31.6 Å². The van der Waals surface area contributed by atoms with Gasteiger partial charge in [-0.2, -0.15) is 0 Å². The fraction of sp³-hybridized carbons (Fsp3) is 0.533. The van der Waals surface area contributed by atoms with E-state index in [1.165, 1.54) is 0 Å². The Kier molecular flexibility index (Phi) is 5.69. The second-order valence-electron chi connectivity index (χ2n) is 4.34. The fourth-order valence-electron chi connectivity index (χ4n) is 2.10. The quantitative estimate of drug-likeness (QED) is 0.692. The maximum atomic E-state index is 11.8. The number of ether oxygens (including phenoxy) is 1. The van der Waals surface area contributed by atoms with E-state index in [-0.39, 0.29) is 5.78 Å². The van der Waals surface area contributed by atoms with Crippen LogP contribution in [0.2, 0.25) is 0 Å². The standard InChI is InChI=1S/C15H23NO2/c1-5-7-11-16(6-2)13-9-8-10-14(18-4)15(13)12(3)17/h8-10H,5-7,11H2,1-4H3. The number of Topliss-reactive ketones (excluding diaryl/α,β-unsaturated/α-hetero) is 1. The number of unbranched alkanes of at least 4 members (excludes halogenated alkanes) is 1. The van der Waals surface area contributed by atoms with Crippen LogP contribution in [0.1, 0.15) is 44.0 Å². The number of benzene rings is 1. The average Bonchev–Trinajstić information content (AvgIpc) is 2.38. The van der Waals surface area contributed by atoms with Crippen LogP contribution >= 0.6 is 0 Å². The summed E-state index contributed by atoms with van der Waals surface area (Å²) in [7, 11) is 1.61. The molecular formula is C15H23NO2. The van der Waals surface area contributed by atoms with Gasteiger partial charge in [0.25, 0.3) is 0 Å². The lowest BCUT2D eigenvalue weighted by Crippen LogP contribution is -2.25. The second kappa shape index (κ2) is 7.04. The number of nitrogens with zero attached hydrogens (tertiary/aromatic N) is 1. The van der Waals surface area contributed by atoms with Crippen molar-refractivity contribution in [3.8, 4) is 5.75 Å². The highest BCUT2D eigenvalue weighted by molar-refractivity contribution is 6.02. The maximum Gasteiger partial charge on any atom is 0.165 e. The van der Waals surface area contributed by atoms with Gasteiger partial charge >= 0.3 is 0 Å². The van der Waals surface area contributed by atoms with E-state index < -0.39 is 0 Å². The van der Waals surface area contributed by atoms with Crippen LogP contribution in [-0.2, 0) is 0 Å². The zero-order valence-corrected chi connectivity index (χ0v) is 11.8. The summed E-state index contributed by atoms with van der Waals surface area (Å²) in [6.07, 6.45) is 2.28. The van der Waals surface area contributed by atoms with E-state index in [1.807, 2.05) is 18.2 Å². The van der Waals surface area contributed by atoms with E-state index in [9.17, 15) is 4.79 Å². The molecule has 0 heterocycles. The molecule has 0 aliphatic carbocycles. The largest absolute Gasteiger partial charge is 0.496 e. The van der Waals surface area contributed by atoms with Crippen LogP contribution in [0.4, 0.5) is 5.69 Å². The van der Waals surface area contributed by atoms with E-state index in [0.29, 0.717) is 11.3 Å². The first-order valence-corrected chi connectivity index (χ1v) is 6.58. The summed E-state index contributed by atoms with van der Waals surface area (Å²) in [6, 6.07) is 5.78. The van der Waals surface area contributed by atoms with Gasteiger partial charge in [-0.1, -0.05) is 19.4 Å². The van der Waals surface area contributed by atoms with Gasteiger partial charge in [-0.3, -0.25) is 4.79 Å². The molecule has 1 aromatic rings.